The van der Waals surface area contributed by atoms with Gasteiger partial charge in [0, 0.05) is 23.9 Å². The summed E-state index contributed by atoms with van der Waals surface area (Å²) < 4.78 is 0. The van der Waals surface area contributed by atoms with Crippen molar-refractivity contribution < 1.29 is 4.79 Å². The van der Waals surface area contributed by atoms with Gasteiger partial charge in [0.25, 0.3) is 0 Å². The normalized spacial score (nSPS) is 12.4. The van der Waals surface area contributed by atoms with Gasteiger partial charge in [-0.2, -0.15) is 0 Å². The average molecular weight is 226 g/mol. The number of amides is 1. The molecule has 0 aliphatic carbocycles. The molecule has 1 unspecified atom stereocenters. The summed E-state index contributed by atoms with van der Waals surface area (Å²) in [5.41, 5.74) is 0. The molecule has 0 saturated heterocycles. The van der Waals surface area contributed by atoms with Crippen molar-refractivity contribution >= 4 is 17.2 Å². The van der Waals surface area contributed by atoms with Gasteiger partial charge < -0.3 is 10.6 Å². The highest BCUT2D eigenvalue weighted by molar-refractivity contribution is 7.09. The van der Waals surface area contributed by atoms with E-state index in [0.717, 1.165) is 6.42 Å². The van der Waals surface area contributed by atoms with Crippen LogP contribution in [0.4, 0.5) is 0 Å². The summed E-state index contributed by atoms with van der Waals surface area (Å²) in [6, 6.07) is 4.41. The van der Waals surface area contributed by atoms with Gasteiger partial charge in [-0.15, -0.1) is 11.3 Å². The van der Waals surface area contributed by atoms with E-state index in [9.17, 15) is 4.79 Å². The van der Waals surface area contributed by atoms with E-state index in [1.165, 1.54) is 4.88 Å². The Labute approximate surface area is 94.9 Å². The smallest absolute Gasteiger partial charge is 0.220 e. The Morgan fingerprint density at radius 3 is 3.00 bits per heavy atom. The van der Waals surface area contributed by atoms with E-state index in [1.54, 1.807) is 11.3 Å². The Hall–Kier alpha value is -0.870. The average Bonchev–Trinajstić information content (AvgIpc) is 2.75. The molecule has 0 aliphatic heterocycles. The van der Waals surface area contributed by atoms with E-state index in [4.69, 9.17) is 0 Å². The fourth-order valence-electron chi connectivity index (χ4n) is 1.15. The van der Waals surface area contributed by atoms with E-state index in [-0.39, 0.29) is 5.91 Å². The van der Waals surface area contributed by atoms with Gasteiger partial charge in [0.05, 0.1) is 0 Å². The zero-order valence-electron chi connectivity index (χ0n) is 9.25. The van der Waals surface area contributed by atoms with Crippen LogP contribution in [0.15, 0.2) is 17.5 Å². The summed E-state index contributed by atoms with van der Waals surface area (Å²) >= 11 is 1.70. The van der Waals surface area contributed by atoms with Gasteiger partial charge in [-0.05, 0) is 31.8 Å². The van der Waals surface area contributed by atoms with Gasteiger partial charge in [-0.3, -0.25) is 4.79 Å². The second kappa shape index (κ2) is 6.58. The monoisotopic (exact) mass is 226 g/mol. The van der Waals surface area contributed by atoms with Crippen molar-refractivity contribution in [1.29, 1.82) is 0 Å². The Kier molecular flexibility index (Phi) is 5.36. The molecule has 1 heterocycles. The molecule has 1 atom stereocenters. The number of carbonyl (C=O) groups is 1. The first kappa shape index (κ1) is 12.2. The highest BCUT2D eigenvalue weighted by Gasteiger charge is 2.04. The van der Waals surface area contributed by atoms with Crippen LogP contribution in [0, 0.1) is 0 Å². The Bertz CT molecular complexity index is 285. The third-order valence-corrected chi connectivity index (χ3v) is 3.21. The molecular weight excluding hydrogens is 208 g/mol. The predicted octanol–water partition coefficient (Wildman–Crippen LogP) is 1.40. The van der Waals surface area contributed by atoms with Crippen LogP contribution in [0.5, 0.6) is 0 Å². The standard InChI is InChI=1S/C11H18N2OS/c1-9(12-2)8-13-11(14)6-5-10-4-3-7-15-10/h3-4,7,9,12H,5-6,8H2,1-2H3,(H,13,14). The first-order chi connectivity index (χ1) is 7.22. The molecule has 15 heavy (non-hydrogen) atoms. The third kappa shape index (κ3) is 4.95. The lowest BCUT2D eigenvalue weighted by Crippen LogP contribution is -2.37. The fourth-order valence-corrected chi connectivity index (χ4v) is 1.86. The van der Waals surface area contributed by atoms with Crippen LogP contribution in [-0.2, 0) is 11.2 Å². The maximum atomic E-state index is 11.4. The molecule has 1 aromatic rings. The molecule has 0 saturated carbocycles. The van der Waals surface area contributed by atoms with Crippen molar-refractivity contribution in [1.82, 2.24) is 10.6 Å². The summed E-state index contributed by atoms with van der Waals surface area (Å²) in [4.78, 5) is 12.7. The maximum Gasteiger partial charge on any atom is 0.220 e. The summed E-state index contributed by atoms with van der Waals surface area (Å²) in [5, 5.41) is 8.01. The lowest BCUT2D eigenvalue weighted by Gasteiger charge is -2.10. The van der Waals surface area contributed by atoms with E-state index < -0.39 is 0 Å². The number of thiophene rings is 1. The first-order valence-electron chi connectivity index (χ1n) is 5.18. The molecule has 4 heteroatoms. The summed E-state index contributed by atoms with van der Waals surface area (Å²) in [6.07, 6.45) is 1.42. The third-order valence-electron chi connectivity index (χ3n) is 2.28. The lowest BCUT2D eigenvalue weighted by atomic mass is 10.2. The Morgan fingerprint density at radius 1 is 1.60 bits per heavy atom. The number of rotatable bonds is 6. The Morgan fingerprint density at radius 2 is 2.40 bits per heavy atom. The summed E-state index contributed by atoms with van der Waals surface area (Å²) in [5.74, 6) is 0.130. The molecule has 0 aliphatic rings. The van der Waals surface area contributed by atoms with Crippen LogP contribution in [0.2, 0.25) is 0 Å². The van der Waals surface area contributed by atoms with E-state index >= 15 is 0 Å². The molecule has 84 valence electrons. The molecule has 1 amide bonds. The van der Waals surface area contributed by atoms with Crippen molar-refractivity contribution in [3.05, 3.63) is 22.4 Å². The van der Waals surface area contributed by atoms with E-state index in [0.29, 0.717) is 19.0 Å². The van der Waals surface area contributed by atoms with Crippen molar-refractivity contribution in [2.75, 3.05) is 13.6 Å². The number of carbonyl (C=O) groups excluding carboxylic acids is 1. The number of nitrogens with one attached hydrogen (secondary N) is 2. The molecule has 2 N–H and O–H groups in total. The number of likely N-dealkylation sites (N-methyl/N-ethyl adjacent to an activating group) is 1. The molecule has 0 spiro atoms. The summed E-state index contributed by atoms with van der Waals surface area (Å²) in [7, 11) is 1.89. The topological polar surface area (TPSA) is 41.1 Å². The molecule has 0 radical (unpaired) electrons. The number of hydrogen-bond acceptors (Lipinski definition) is 3. The number of aryl methyl sites for hydroxylation is 1. The molecule has 0 bridgehead atoms. The zero-order chi connectivity index (χ0) is 11.1. The van der Waals surface area contributed by atoms with Crippen LogP contribution in [-0.4, -0.2) is 25.5 Å². The van der Waals surface area contributed by atoms with Gasteiger partial charge in [0.1, 0.15) is 0 Å². The van der Waals surface area contributed by atoms with Crippen LogP contribution in [0.3, 0.4) is 0 Å². The minimum atomic E-state index is 0.130. The van der Waals surface area contributed by atoms with Crippen LogP contribution in [0.25, 0.3) is 0 Å². The first-order valence-corrected chi connectivity index (χ1v) is 6.06. The van der Waals surface area contributed by atoms with Gasteiger partial charge in [0.15, 0.2) is 0 Å². The predicted molar refractivity (Wildman–Crippen MR) is 64.2 cm³/mol. The largest absolute Gasteiger partial charge is 0.355 e. The van der Waals surface area contributed by atoms with Gasteiger partial charge in [-0.25, -0.2) is 0 Å². The summed E-state index contributed by atoms with van der Waals surface area (Å²) in [6.45, 7) is 2.74. The van der Waals surface area contributed by atoms with Crippen LogP contribution < -0.4 is 10.6 Å². The van der Waals surface area contributed by atoms with E-state index in [1.807, 2.05) is 25.4 Å². The second-order valence-corrected chi connectivity index (χ2v) is 4.61. The van der Waals surface area contributed by atoms with Crippen LogP contribution in [0.1, 0.15) is 18.2 Å². The molecule has 0 aromatic carbocycles. The van der Waals surface area contributed by atoms with Crippen LogP contribution >= 0.6 is 11.3 Å². The molecule has 1 aromatic heterocycles. The lowest BCUT2D eigenvalue weighted by molar-refractivity contribution is -0.121. The highest BCUT2D eigenvalue weighted by Crippen LogP contribution is 2.10. The minimum Gasteiger partial charge on any atom is -0.355 e. The molecule has 0 fully saturated rings. The Balaban J connectivity index is 2.14. The van der Waals surface area contributed by atoms with Crippen molar-refractivity contribution in [2.24, 2.45) is 0 Å². The molecule has 3 nitrogen and oxygen atoms in total. The highest BCUT2D eigenvalue weighted by atomic mass is 32.1. The van der Waals surface area contributed by atoms with Crippen molar-refractivity contribution in [3.8, 4) is 0 Å². The quantitative estimate of drug-likeness (QED) is 0.770. The van der Waals surface area contributed by atoms with Crippen molar-refractivity contribution in [2.45, 2.75) is 25.8 Å². The fraction of sp³-hybridized carbons (Fsp3) is 0.545. The van der Waals surface area contributed by atoms with Crippen molar-refractivity contribution in [3.63, 3.8) is 0 Å². The molecular formula is C11H18N2OS. The van der Waals surface area contributed by atoms with Gasteiger partial charge in [-0.1, -0.05) is 6.07 Å². The SMILES string of the molecule is CNC(C)CNC(=O)CCc1cccs1. The number of hydrogen-bond donors (Lipinski definition) is 2. The van der Waals surface area contributed by atoms with E-state index in [2.05, 4.69) is 16.7 Å². The zero-order valence-corrected chi connectivity index (χ0v) is 10.1. The van der Waals surface area contributed by atoms with Gasteiger partial charge in [0.2, 0.25) is 5.91 Å². The minimum absolute atomic E-state index is 0.130. The second-order valence-electron chi connectivity index (χ2n) is 3.57. The maximum absolute atomic E-state index is 11.4. The molecule has 1 rings (SSSR count). The van der Waals surface area contributed by atoms with Gasteiger partial charge >= 0.3 is 0 Å².